The van der Waals surface area contributed by atoms with E-state index in [0.29, 0.717) is 24.1 Å². The lowest BCUT2D eigenvalue weighted by Gasteiger charge is -2.24. The van der Waals surface area contributed by atoms with Crippen LogP contribution in [-0.4, -0.2) is 75.6 Å². The maximum Gasteiger partial charge on any atom is 0.472 e. The van der Waals surface area contributed by atoms with Crippen LogP contribution in [0.1, 0.15) is 194 Å². The normalized spacial score (nSPS) is 14.3. The third kappa shape index (κ3) is 50.5. The van der Waals surface area contributed by atoms with Gasteiger partial charge in [-0.05, 0) is 70.6 Å². The summed E-state index contributed by atoms with van der Waals surface area (Å²) >= 11 is 0. The Bertz CT molecular complexity index is 1280. The second kappa shape index (κ2) is 46.2. The summed E-state index contributed by atoms with van der Waals surface area (Å²) in [6.45, 7) is 5.44. The van der Waals surface area contributed by atoms with Crippen molar-refractivity contribution in [2.24, 2.45) is 0 Å². The lowest BCUT2D eigenvalue weighted by atomic mass is 10.0. The van der Waals surface area contributed by atoms with Gasteiger partial charge < -0.3 is 18.9 Å². The van der Waals surface area contributed by atoms with Gasteiger partial charge in [-0.3, -0.25) is 13.8 Å². The Kier molecular flexibility index (Phi) is 44.5. The molecule has 1 N–H and O–H groups in total. The largest absolute Gasteiger partial charge is 0.472 e. The summed E-state index contributed by atoms with van der Waals surface area (Å²) < 4.78 is 35.1. The molecule has 63 heavy (non-hydrogen) atoms. The molecule has 0 amide bonds. The summed E-state index contributed by atoms with van der Waals surface area (Å²) in [6.07, 6.45) is 62.0. The zero-order valence-electron chi connectivity index (χ0n) is 41.3. The second-order valence-electron chi connectivity index (χ2n) is 17.8. The van der Waals surface area contributed by atoms with Crippen molar-refractivity contribution in [3.05, 3.63) is 85.1 Å². The van der Waals surface area contributed by atoms with Crippen LogP contribution >= 0.6 is 7.82 Å². The molecule has 0 aromatic carbocycles. The first-order valence-corrected chi connectivity index (χ1v) is 26.8. The van der Waals surface area contributed by atoms with E-state index in [-0.39, 0.29) is 25.8 Å². The van der Waals surface area contributed by atoms with Gasteiger partial charge in [0.05, 0.1) is 34.4 Å². The van der Waals surface area contributed by atoms with Crippen molar-refractivity contribution in [2.45, 2.75) is 200 Å². The lowest BCUT2D eigenvalue weighted by Crippen LogP contribution is -2.37. The highest BCUT2D eigenvalue weighted by Crippen LogP contribution is 2.43. The van der Waals surface area contributed by atoms with Crippen LogP contribution < -0.4 is 0 Å². The average Bonchev–Trinajstić information content (AvgIpc) is 3.24. The maximum atomic E-state index is 12.7. The molecule has 9 heteroatoms. The van der Waals surface area contributed by atoms with Gasteiger partial charge in [-0.1, -0.05) is 202 Å². The van der Waals surface area contributed by atoms with E-state index in [2.05, 4.69) is 98.9 Å². The monoisotopic (exact) mass is 903 g/mol. The van der Waals surface area contributed by atoms with Crippen LogP contribution in [0.2, 0.25) is 0 Å². The highest BCUT2D eigenvalue weighted by atomic mass is 31.2. The summed E-state index contributed by atoms with van der Waals surface area (Å²) in [5, 5.41) is 0. The van der Waals surface area contributed by atoms with Crippen molar-refractivity contribution < 1.29 is 37.3 Å². The Hall–Kier alpha value is -2.32. The summed E-state index contributed by atoms with van der Waals surface area (Å²) in [5.74, 6) is -0.325. The zero-order chi connectivity index (χ0) is 46.2. The molecule has 2 atom stereocenters. The van der Waals surface area contributed by atoms with E-state index in [1.807, 2.05) is 21.1 Å². The number of hydrogen-bond donors (Lipinski definition) is 1. The van der Waals surface area contributed by atoms with E-state index < -0.39 is 13.9 Å². The Morgan fingerprint density at radius 1 is 0.508 bits per heavy atom. The van der Waals surface area contributed by atoms with Crippen LogP contribution in [0.25, 0.3) is 0 Å². The Morgan fingerprint density at radius 2 is 0.921 bits per heavy atom. The van der Waals surface area contributed by atoms with Crippen LogP contribution in [0.5, 0.6) is 0 Å². The Balaban J connectivity index is 4.22. The van der Waals surface area contributed by atoms with Crippen LogP contribution in [-0.2, 0) is 27.9 Å². The first kappa shape index (κ1) is 60.7. The zero-order valence-corrected chi connectivity index (χ0v) is 42.2. The molecule has 0 aromatic heterocycles. The van der Waals surface area contributed by atoms with Crippen LogP contribution in [0.3, 0.4) is 0 Å². The topological polar surface area (TPSA) is 91.3 Å². The minimum Gasteiger partial charge on any atom is -0.457 e. The molecule has 0 saturated carbocycles. The van der Waals surface area contributed by atoms with Gasteiger partial charge in [0.25, 0.3) is 0 Å². The number of phosphoric acid groups is 1. The minimum absolute atomic E-state index is 0.0801. The molecule has 0 heterocycles. The Labute approximate surface area is 388 Å². The molecule has 0 aliphatic heterocycles. The first-order chi connectivity index (χ1) is 30.6. The number of quaternary nitrogens is 1. The smallest absolute Gasteiger partial charge is 0.457 e. The predicted octanol–water partition coefficient (Wildman–Crippen LogP) is 15.6. The SMILES string of the molecule is CC/C=C\C/C=C\C/C=C\C/C=C\C/C=C\C/C=C\C/C=C\CCCCCCOCC(COP(=O)(O)OCC[N+](C)(C)C)OC(=O)CCCCCCCCCCCCCCCCC. The average molecular weight is 903 g/mol. The molecule has 0 spiro atoms. The molecule has 0 bridgehead atoms. The second-order valence-corrected chi connectivity index (χ2v) is 19.3. The number of rotatable bonds is 46. The van der Waals surface area contributed by atoms with Crippen molar-refractivity contribution >= 4 is 13.8 Å². The van der Waals surface area contributed by atoms with Crippen molar-refractivity contribution in [2.75, 3.05) is 54.1 Å². The summed E-state index contributed by atoms with van der Waals surface area (Å²) in [6, 6.07) is 0. The molecule has 0 saturated heterocycles. The molecule has 2 unspecified atom stereocenters. The van der Waals surface area contributed by atoms with Gasteiger partial charge in [-0.2, -0.15) is 0 Å². The van der Waals surface area contributed by atoms with Crippen LogP contribution in [0.15, 0.2) is 85.1 Å². The van der Waals surface area contributed by atoms with Gasteiger partial charge >= 0.3 is 13.8 Å². The number of hydrogen-bond acceptors (Lipinski definition) is 6. The number of nitrogens with zero attached hydrogens (tertiary/aromatic N) is 1. The predicted molar refractivity (Wildman–Crippen MR) is 270 cm³/mol. The highest BCUT2D eigenvalue weighted by Gasteiger charge is 2.26. The highest BCUT2D eigenvalue weighted by molar-refractivity contribution is 7.47. The molecule has 364 valence electrons. The van der Waals surface area contributed by atoms with Gasteiger partial charge in [0, 0.05) is 13.0 Å². The lowest BCUT2D eigenvalue weighted by molar-refractivity contribution is -0.870. The van der Waals surface area contributed by atoms with E-state index in [1.165, 1.54) is 77.0 Å². The third-order valence-corrected chi connectivity index (χ3v) is 11.5. The van der Waals surface area contributed by atoms with Crippen molar-refractivity contribution in [1.82, 2.24) is 0 Å². The van der Waals surface area contributed by atoms with Gasteiger partial charge in [-0.15, -0.1) is 0 Å². The van der Waals surface area contributed by atoms with Crippen LogP contribution in [0, 0.1) is 0 Å². The number of allylic oxidation sites excluding steroid dienone is 14. The number of carbonyl (C=O) groups is 1. The number of ether oxygens (including phenoxy) is 2. The van der Waals surface area contributed by atoms with Crippen LogP contribution in [0.4, 0.5) is 0 Å². The molecule has 0 radical (unpaired) electrons. The first-order valence-electron chi connectivity index (χ1n) is 25.3. The molecular formula is C54H97NO7P+. The molecule has 0 fully saturated rings. The fourth-order valence-corrected chi connectivity index (χ4v) is 7.33. The van der Waals surface area contributed by atoms with Gasteiger partial charge in [-0.25, -0.2) is 4.57 Å². The summed E-state index contributed by atoms with van der Waals surface area (Å²) in [7, 11) is 1.64. The van der Waals surface area contributed by atoms with Gasteiger partial charge in [0.1, 0.15) is 19.3 Å². The van der Waals surface area contributed by atoms with Gasteiger partial charge in [0.2, 0.25) is 0 Å². The quantitative estimate of drug-likeness (QED) is 0.0214. The van der Waals surface area contributed by atoms with E-state index in [1.54, 1.807) is 0 Å². The van der Waals surface area contributed by atoms with E-state index in [9.17, 15) is 14.3 Å². The summed E-state index contributed by atoms with van der Waals surface area (Å²) in [5.41, 5.74) is 0. The van der Waals surface area contributed by atoms with Crippen molar-refractivity contribution in [3.63, 3.8) is 0 Å². The third-order valence-electron chi connectivity index (χ3n) is 10.5. The number of likely N-dealkylation sites (N-methyl/N-ethyl adjacent to an activating group) is 1. The molecular weight excluding hydrogens is 806 g/mol. The molecule has 0 aromatic rings. The number of esters is 1. The standard InChI is InChI=1S/C54H96NO7P/c1-6-8-10-12-14-16-18-20-22-23-24-25-26-27-28-29-30-31-32-34-36-38-40-42-44-46-49-59-51-53(52-61-63(57,58)60-50-48-55(3,4)5)62-54(56)47-45-43-41-39-37-35-33-21-19-17-15-13-11-9-7-2/h8,10,14,16,20,22,24-25,27-28,30-31,34,36,53H,6-7,9,11-13,15,17-19,21,23,26,29,32-33,35,37-52H2,1-5H3/p+1/b10-8-,16-14-,22-20-,25-24-,28-27-,31-30-,36-34-. The number of carbonyl (C=O) groups excluding carboxylic acids is 1. The maximum absolute atomic E-state index is 12.7. The minimum atomic E-state index is -4.29. The number of unbranched alkanes of at least 4 members (excludes halogenated alkanes) is 18. The summed E-state index contributed by atoms with van der Waals surface area (Å²) in [4.78, 5) is 23.0. The molecule has 8 nitrogen and oxygen atoms in total. The van der Waals surface area contributed by atoms with Gasteiger partial charge in [0.15, 0.2) is 0 Å². The fourth-order valence-electron chi connectivity index (χ4n) is 6.59. The fraction of sp³-hybridized carbons (Fsp3) is 0.722. The van der Waals surface area contributed by atoms with E-state index in [4.69, 9.17) is 18.5 Å². The molecule has 0 rings (SSSR count). The molecule has 0 aliphatic carbocycles. The molecule has 0 aliphatic rings. The Morgan fingerprint density at radius 3 is 1.38 bits per heavy atom. The van der Waals surface area contributed by atoms with E-state index >= 15 is 0 Å². The van der Waals surface area contributed by atoms with Crippen molar-refractivity contribution in [3.8, 4) is 0 Å². The number of phosphoric ester groups is 1. The van der Waals surface area contributed by atoms with E-state index in [0.717, 1.165) is 96.3 Å². The van der Waals surface area contributed by atoms with Crippen molar-refractivity contribution in [1.29, 1.82) is 0 Å².